The number of hydrogen-bond acceptors (Lipinski definition) is 5. The fraction of sp³-hybridized carbons (Fsp3) is 0.375. The minimum absolute atomic E-state index is 0.0249. The third-order valence-electron chi connectivity index (χ3n) is 4.49. The number of ether oxygens (including phenoxy) is 2. The van der Waals surface area contributed by atoms with E-state index in [1.54, 1.807) is 42.5 Å². The van der Waals surface area contributed by atoms with Crippen molar-refractivity contribution in [2.75, 3.05) is 18.5 Å². The maximum absolute atomic E-state index is 12.3. The Hall–Kier alpha value is -3.07. The number of hydrogen-bond donors (Lipinski definition) is 3. The molecule has 0 radical (unpaired) electrons. The molecule has 0 saturated carbocycles. The molecule has 3 amide bonds. The molecule has 8 nitrogen and oxygen atoms in total. The number of carbonyl (C=O) groups is 3. The second-order valence-electron chi connectivity index (χ2n) is 7.68. The summed E-state index contributed by atoms with van der Waals surface area (Å²) in [7, 11) is 0. The first-order valence-electron chi connectivity index (χ1n) is 10.8. The number of amides is 3. The van der Waals surface area contributed by atoms with E-state index in [2.05, 4.69) is 45.9 Å². The van der Waals surface area contributed by atoms with Crippen molar-refractivity contribution < 1.29 is 23.9 Å². The highest BCUT2D eigenvalue weighted by Crippen LogP contribution is 2.26. The molecule has 0 aliphatic rings. The largest absolute Gasteiger partial charge is 0.494 e. The highest BCUT2D eigenvalue weighted by atomic mass is 79.9. The molecule has 0 spiro atoms. The van der Waals surface area contributed by atoms with Crippen LogP contribution in [0.2, 0.25) is 0 Å². The standard InChI is InChI=1S/C24H30BrN3O5/c1-4-32-19-8-6-18(7-9-19)26-22(29)11-12-23(30)27-28-24(31)17-5-10-21(20(25)15-17)33-14-13-16(2)3/h5-10,15-16H,4,11-14H2,1-3H3,(H,26,29)(H,27,30)(H,28,31). The number of hydrazine groups is 1. The number of rotatable bonds is 11. The summed E-state index contributed by atoms with van der Waals surface area (Å²) in [5, 5.41) is 2.71. The number of benzene rings is 2. The average molecular weight is 520 g/mol. The highest BCUT2D eigenvalue weighted by molar-refractivity contribution is 9.10. The van der Waals surface area contributed by atoms with Gasteiger partial charge in [0.25, 0.3) is 5.91 Å². The van der Waals surface area contributed by atoms with E-state index in [9.17, 15) is 14.4 Å². The van der Waals surface area contributed by atoms with Gasteiger partial charge in [0.2, 0.25) is 11.8 Å². The molecule has 0 atom stereocenters. The van der Waals surface area contributed by atoms with E-state index in [-0.39, 0.29) is 18.7 Å². The first-order chi connectivity index (χ1) is 15.8. The van der Waals surface area contributed by atoms with Gasteiger partial charge in [0, 0.05) is 24.1 Å². The lowest BCUT2D eigenvalue weighted by Gasteiger charge is -2.11. The van der Waals surface area contributed by atoms with Crippen molar-refractivity contribution in [3.63, 3.8) is 0 Å². The van der Waals surface area contributed by atoms with Crippen LogP contribution in [0.1, 0.15) is 50.4 Å². The molecule has 2 aromatic rings. The summed E-state index contributed by atoms with van der Waals surface area (Å²) < 4.78 is 11.7. The first-order valence-corrected chi connectivity index (χ1v) is 11.6. The zero-order chi connectivity index (χ0) is 24.2. The third kappa shape index (κ3) is 9.53. The van der Waals surface area contributed by atoms with E-state index in [0.717, 1.165) is 6.42 Å². The van der Waals surface area contributed by atoms with Gasteiger partial charge < -0.3 is 14.8 Å². The van der Waals surface area contributed by atoms with Gasteiger partial charge in [-0.1, -0.05) is 13.8 Å². The summed E-state index contributed by atoms with van der Waals surface area (Å²) in [4.78, 5) is 36.3. The van der Waals surface area contributed by atoms with E-state index in [1.165, 1.54) is 0 Å². The van der Waals surface area contributed by atoms with Gasteiger partial charge in [-0.05, 0) is 77.7 Å². The van der Waals surface area contributed by atoms with E-state index >= 15 is 0 Å². The van der Waals surface area contributed by atoms with Crippen molar-refractivity contribution in [1.82, 2.24) is 10.9 Å². The van der Waals surface area contributed by atoms with Gasteiger partial charge >= 0.3 is 0 Å². The Bertz CT molecular complexity index is 948. The third-order valence-corrected chi connectivity index (χ3v) is 5.11. The molecule has 0 bridgehead atoms. The van der Waals surface area contributed by atoms with E-state index in [1.807, 2.05) is 6.92 Å². The Balaban J connectivity index is 1.73. The molecule has 2 aromatic carbocycles. The molecule has 0 unspecified atom stereocenters. The van der Waals surface area contributed by atoms with Gasteiger partial charge in [-0.2, -0.15) is 0 Å². The summed E-state index contributed by atoms with van der Waals surface area (Å²) in [6.07, 6.45) is 0.831. The quantitative estimate of drug-likeness (QED) is 0.380. The van der Waals surface area contributed by atoms with Crippen LogP contribution in [0.25, 0.3) is 0 Å². The maximum Gasteiger partial charge on any atom is 0.269 e. The molecular weight excluding hydrogens is 490 g/mol. The van der Waals surface area contributed by atoms with Crippen LogP contribution >= 0.6 is 15.9 Å². The molecule has 178 valence electrons. The number of anilines is 1. The van der Waals surface area contributed by atoms with E-state index in [0.29, 0.717) is 46.4 Å². The molecule has 0 aliphatic heterocycles. The average Bonchev–Trinajstić information content (AvgIpc) is 2.78. The zero-order valence-corrected chi connectivity index (χ0v) is 20.7. The minimum Gasteiger partial charge on any atom is -0.494 e. The topological polar surface area (TPSA) is 106 Å². The Labute approximate surface area is 202 Å². The molecule has 33 heavy (non-hydrogen) atoms. The fourth-order valence-corrected chi connectivity index (χ4v) is 3.17. The fourth-order valence-electron chi connectivity index (χ4n) is 2.68. The van der Waals surface area contributed by atoms with Gasteiger partial charge in [-0.25, -0.2) is 0 Å². The van der Waals surface area contributed by atoms with Crippen molar-refractivity contribution >= 4 is 39.3 Å². The summed E-state index contributed by atoms with van der Waals surface area (Å²) in [5.41, 5.74) is 5.63. The molecule has 3 N–H and O–H groups in total. The van der Waals surface area contributed by atoms with E-state index < -0.39 is 11.8 Å². The lowest BCUT2D eigenvalue weighted by atomic mass is 10.1. The van der Waals surface area contributed by atoms with Crippen molar-refractivity contribution in [1.29, 1.82) is 0 Å². The van der Waals surface area contributed by atoms with Gasteiger partial charge in [-0.15, -0.1) is 0 Å². The normalized spacial score (nSPS) is 10.5. The van der Waals surface area contributed by atoms with Crippen LogP contribution in [0, 0.1) is 5.92 Å². The summed E-state index contributed by atoms with van der Waals surface area (Å²) in [6, 6.07) is 11.9. The molecule has 0 fully saturated rings. The summed E-state index contributed by atoms with van der Waals surface area (Å²) >= 11 is 3.40. The molecule has 9 heteroatoms. The van der Waals surface area contributed by atoms with Gasteiger partial charge in [0.15, 0.2) is 0 Å². The Morgan fingerprint density at radius 3 is 2.27 bits per heavy atom. The van der Waals surface area contributed by atoms with Gasteiger partial charge in [0.1, 0.15) is 11.5 Å². The van der Waals surface area contributed by atoms with Crippen molar-refractivity contribution in [2.24, 2.45) is 5.92 Å². The smallest absolute Gasteiger partial charge is 0.269 e. The second-order valence-corrected chi connectivity index (χ2v) is 8.54. The first kappa shape index (κ1) is 26.2. The predicted molar refractivity (Wildman–Crippen MR) is 130 cm³/mol. The number of carbonyl (C=O) groups excluding carboxylic acids is 3. The van der Waals surface area contributed by atoms with Crippen molar-refractivity contribution in [2.45, 2.75) is 40.0 Å². The molecule has 0 aliphatic carbocycles. The van der Waals surface area contributed by atoms with Crippen LogP contribution < -0.4 is 25.6 Å². The highest BCUT2D eigenvalue weighted by Gasteiger charge is 2.12. The predicted octanol–water partition coefficient (Wildman–Crippen LogP) is 4.45. The number of halogens is 1. The van der Waals surface area contributed by atoms with Crippen LogP contribution in [0.5, 0.6) is 11.5 Å². The van der Waals surface area contributed by atoms with Gasteiger partial charge in [-0.3, -0.25) is 25.2 Å². The van der Waals surface area contributed by atoms with Crippen LogP contribution in [0.15, 0.2) is 46.9 Å². The van der Waals surface area contributed by atoms with Crippen LogP contribution in [-0.4, -0.2) is 30.9 Å². The lowest BCUT2D eigenvalue weighted by Crippen LogP contribution is -2.41. The Kier molecular flexibility index (Phi) is 10.7. The Morgan fingerprint density at radius 2 is 1.64 bits per heavy atom. The minimum atomic E-state index is -0.475. The van der Waals surface area contributed by atoms with E-state index in [4.69, 9.17) is 9.47 Å². The molecular formula is C24H30BrN3O5. The second kappa shape index (κ2) is 13.5. The monoisotopic (exact) mass is 519 g/mol. The zero-order valence-electron chi connectivity index (χ0n) is 19.1. The molecule has 2 rings (SSSR count). The van der Waals surface area contributed by atoms with Gasteiger partial charge in [0.05, 0.1) is 17.7 Å². The molecule has 0 saturated heterocycles. The van der Waals surface area contributed by atoms with Crippen LogP contribution in [0.4, 0.5) is 5.69 Å². The van der Waals surface area contributed by atoms with Crippen molar-refractivity contribution in [3.05, 3.63) is 52.5 Å². The lowest BCUT2D eigenvalue weighted by molar-refractivity contribution is -0.124. The Morgan fingerprint density at radius 1 is 0.939 bits per heavy atom. The van der Waals surface area contributed by atoms with Crippen molar-refractivity contribution in [3.8, 4) is 11.5 Å². The summed E-state index contributed by atoms with van der Waals surface area (Å²) in [5.74, 6) is 0.642. The maximum atomic E-state index is 12.3. The SMILES string of the molecule is CCOc1ccc(NC(=O)CCC(=O)NNC(=O)c2ccc(OCCC(C)C)c(Br)c2)cc1. The molecule has 0 aromatic heterocycles. The molecule has 0 heterocycles. The van der Waals surface area contributed by atoms with Crippen LogP contribution in [0.3, 0.4) is 0 Å². The number of nitrogens with one attached hydrogen (secondary N) is 3. The van der Waals surface area contributed by atoms with Crippen LogP contribution in [-0.2, 0) is 9.59 Å². The summed E-state index contributed by atoms with van der Waals surface area (Å²) in [6.45, 7) is 7.28.